The smallest absolute Gasteiger partial charge is 0.258 e. The van der Waals surface area contributed by atoms with Crippen molar-refractivity contribution in [3.8, 4) is 17.2 Å². The quantitative estimate of drug-likeness (QED) is 0.531. The van der Waals surface area contributed by atoms with E-state index in [0.717, 1.165) is 16.8 Å². The molecule has 3 rings (SSSR count). The Bertz CT molecular complexity index is 1060. The van der Waals surface area contributed by atoms with E-state index in [-0.39, 0.29) is 5.56 Å². The van der Waals surface area contributed by atoms with Crippen LogP contribution in [0.4, 0.5) is 0 Å². The van der Waals surface area contributed by atoms with Crippen molar-refractivity contribution in [1.29, 1.82) is 0 Å². The summed E-state index contributed by atoms with van der Waals surface area (Å²) in [4.78, 5) is 12.6. The van der Waals surface area contributed by atoms with E-state index in [4.69, 9.17) is 9.47 Å². The minimum Gasteiger partial charge on any atom is -0.493 e. The van der Waals surface area contributed by atoms with Crippen molar-refractivity contribution in [3.05, 3.63) is 94.4 Å². The highest BCUT2D eigenvalue weighted by Crippen LogP contribution is 2.17. The number of rotatable bonds is 9. The second-order valence-corrected chi connectivity index (χ2v) is 8.01. The van der Waals surface area contributed by atoms with Gasteiger partial charge in [-0.05, 0) is 62.2 Å². The lowest BCUT2D eigenvalue weighted by molar-refractivity contribution is 0.0553. The second-order valence-electron chi connectivity index (χ2n) is 8.01. The van der Waals surface area contributed by atoms with Gasteiger partial charge in [-0.2, -0.15) is 0 Å². The first kappa shape index (κ1) is 22.4. The molecule has 1 N–H and O–H groups in total. The molecule has 0 unspecified atom stereocenters. The van der Waals surface area contributed by atoms with Gasteiger partial charge in [0.15, 0.2) is 0 Å². The highest BCUT2D eigenvalue weighted by atomic mass is 16.5. The standard InChI is InChI=1S/C26H29NO4/c1-4-5-20-6-8-21(9-7-20)19-31-24-14-16-27(25(28)18-24)22-10-12-23(13-11-22)30-17-15-26(2,3)29/h4-14,16,18,29H,15,17,19H2,1-3H3. The monoisotopic (exact) mass is 419 g/mol. The summed E-state index contributed by atoms with van der Waals surface area (Å²) in [5.41, 5.74) is 2.00. The molecular weight excluding hydrogens is 390 g/mol. The summed E-state index contributed by atoms with van der Waals surface area (Å²) in [6, 6.07) is 18.7. The normalized spacial score (nSPS) is 11.6. The first-order chi connectivity index (χ1) is 14.8. The fourth-order valence-corrected chi connectivity index (χ4v) is 2.97. The Hall–Kier alpha value is -3.31. The van der Waals surface area contributed by atoms with Crippen molar-refractivity contribution in [2.45, 2.75) is 39.4 Å². The molecule has 0 saturated carbocycles. The Balaban J connectivity index is 1.60. The third kappa shape index (κ3) is 6.86. The number of benzene rings is 2. The Kier molecular flexibility index (Phi) is 7.32. The molecule has 5 nitrogen and oxygen atoms in total. The van der Waals surface area contributed by atoms with Crippen LogP contribution >= 0.6 is 0 Å². The van der Waals surface area contributed by atoms with Crippen LogP contribution in [-0.2, 0) is 6.61 Å². The Morgan fingerprint density at radius 1 is 0.968 bits per heavy atom. The molecule has 162 valence electrons. The molecule has 0 aliphatic heterocycles. The van der Waals surface area contributed by atoms with Crippen molar-refractivity contribution in [3.63, 3.8) is 0 Å². The summed E-state index contributed by atoms with van der Waals surface area (Å²) >= 11 is 0. The van der Waals surface area contributed by atoms with E-state index in [9.17, 15) is 9.90 Å². The van der Waals surface area contributed by atoms with Gasteiger partial charge in [-0.25, -0.2) is 0 Å². The summed E-state index contributed by atoms with van der Waals surface area (Å²) in [5, 5.41) is 9.74. The molecule has 0 spiro atoms. The molecule has 5 heteroatoms. The minimum absolute atomic E-state index is 0.170. The zero-order valence-electron chi connectivity index (χ0n) is 18.2. The average Bonchev–Trinajstić information content (AvgIpc) is 2.73. The van der Waals surface area contributed by atoms with Gasteiger partial charge in [-0.1, -0.05) is 36.4 Å². The highest BCUT2D eigenvalue weighted by Gasteiger charge is 2.12. The lowest BCUT2D eigenvalue weighted by Crippen LogP contribution is -2.21. The number of nitrogens with zero attached hydrogens (tertiary/aromatic N) is 1. The van der Waals surface area contributed by atoms with Gasteiger partial charge in [-0.15, -0.1) is 0 Å². The molecule has 0 amide bonds. The summed E-state index contributed by atoms with van der Waals surface area (Å²) in [7, 11) is 0. The molecule has 0 saturated heterocycles. The van der Waals surface area contributed by atoms with E-state index in [0.29, 0.717) is 31.1 Å². The Morgan fingerprint density at radius 3 is 2.29 bits per heavy atom. The van der Waals surface area contributed by atoms with Crippen LogP contribution < -0.4 is 15.0 Å². The molecule has 0 aliphatic carbocycles. The maximum absolute atomic E-state index is 12.6. The Morgan fingerprint density at radius 2 is 1.68 bits per heavy atom. The van der Waals surface area contributed by atoms with Crippen LogP contribution in [0.15, 0.2) is 77.7 Å². The second kappa shape index (κ2) is 10.1. The van der Waals surface area contributed by atoms with Crippen LogP contribution in [0.5, 0.6) is 11.5 Å². The summed E-state index contributed by atoms with van der Waals surface area (Å²) in [5.74, 6) is 1.23. The molecular formula is C26H29NO4. The van der Waals surface area contributed by atoms with Gasteiger partial charge in [0, 0.05) is 24.4 Å². The van der Waals surface area contributed by atoms with E-state index in [2.05, 4.69) is 0 Å². The van der Waals surface area contributed by atoms with Crippen LogP contribution in [0.25, 0.3) is 11.8 Å². The van der Waals surface area contributed by atoms with Crippen molar-refractivity contribution < 1.29 is 14.6 Å². The molecule has 0 radical (unpaired) electrons. The largest absolute Gasteiger partial charge is 0.493 e. The third-order valence-corrected chi connectivity index (χ3v) is 4.73. The van der Waals surface area contributed by atoms with Crippen molar-refractivity contribution in [2.24, 2.45) is 0 Å². The van der Waals surface area contributed by atoms with Gasteiger partial charge in [-0.3, -0.25) is 9.36 Å². The molecule has 0 aliphatic rings. The fraction of sp³-hybridized carbons (Fsp3) is 0.269. The Labute approximate surface area is 183 Å². The average molecular weight is 420 g/mol. The lowest BCUT2D eigenvalue weighted by atomic mass is 10.1. The van der Waals surface area contributed by atoms with Gasteiger partial charge in [0.1, 0.15) is 18.1 Å². The first-order valence-corrected chi connectivity index (χ1v) is 10.4. The van der Waals surface area contributed by atoms with E-state index in [1.54, 1.807) is 30.7 Å². The number of aromatic nitrogens is 1. The summed E-state index contributed by atoms with van der Waals surface area (Å²) in [6.07, 6.45) is 6.28. The molecule has 1 aromatic heterocycles. The molecule has 0 atom stereocenters. The maximum Gasteiger partial charge on any atom is 0.258 e. The van der Waals surface area contributed by atoms with E-state index in [1.165, 1.54) is 6.07 Å². The van der Waals surface area contributed by atoms with Crippen LogP contribution in [0.2, 0.25) is 0 Å². The van der Waals surface area contributed by atoms with Crippen LogP contribution in [-0.4, -0.2) is 21.9 Å². The van der Waals surface area contributed by atoms with Crippen LogP contribution in [0, 0.1) is 0 Å². The number of pyridine rings is 1. The van der Waals surface area contributed by atoms with Crippen molar-refractivity contribution >= 4 is 6.08 Å². The topological polar surface area (TPSA) is 60.7 Å². The minimum atomic E-state index is -0.757. The number of ether oxygens (including phenoxy) is 2. The third-order valence-electron chi connectivity index (χ3n) is 4.73. The zero-order valence-corrected chi connectivity index (χ0v) is 18.2. The molecule has 1 heterocycles. The van der Waals surface area contributed by atoms with Gasteiger partial charge in [0.25, 0.3) is 5.56 Å². The maximum atomic E-state index is 12.6. The SMILES string of the molecule is CC=Cc1ccc(COc2ccn(-c3ccc(OCCC(C)(C)O)cc3)c(=O)c2)cc1. The van der Waals surface area contributed by atoms with Gasteiger partial charge in [0.2, 0.25) is 0 Å². The number of hydrogen-bond donors (Lipinski definition) is 1. The zero-order chi connectivity index (χ0) is 22.3. The summed E-state index contributed by atoms with van der Waals surface area (Å²) in [6.45, 7) is 6.31. The number of allylic oxidation sites excluding steroid dienone is 1. The van der Waals surface area contributed by atoms with Gasteiger partial charge in [0.05, 0.1) is 12.2 Å². The van der Waals surface area contributed by atoms with Crippen molar-refractivity contribution in [2.75, 3.05) is 6.61 Å². The molecule has 31 heavy (non-hydrogen) atoms. The molecule has 0 bridgehead atoms. The van der Waals surface area contributed by atoms with Gasteiger partial charge < -0.3 is 14.6 Å². The lowest BCUT2D eigenvalue weighted by Gasteiger charge is -2.17. The summed E-state index contributed by atoms with van der Waals surface area (Å²) < 4.78 is 13.0. The highest BCUT2D eigenvalue weighted by molar-refractivity contribution is 5.49. The molecule has 0 fully saturated rings. The van der Waals surface area contributed by atoms with E-state index in [1.807, 2.05) is 67.6 Å². The van der Waals surface area contributed by atoms with Crippen LogP contribution in [0.1, 0.15) is 38.3 Å². The van der Waals surface area contributed by atoms with Crippen LogP contribution in [0.3, 0.4) is 0 Å². The fourth-order valence-electron chi connectivity index (χ4n) is 2.97. The van der Waals surface area contributed by atoms with E-state index < -0.39 is 5.60 Å². The predicted molar refractivity (Wildman–Crippen MR) is 124 cm³/mol. The molecule has 3 aromatic rings. The van der Waals surface area contributed by atoms with Crippen molar-refractivity contribution in [1.82, 2.24) is 4.57 Å². The van der Waals surface area contributed by atoms with Gasteiger partial charge >= 0.3 is 0 Å². The molecule has 2 aromatic carbocycles. The number of hydrogen-bond acceptors (Lipinski definition) is 4. The van der Waals surface area contributed by atoms with E-state index >= 15 is 0 Å². The first-order valence-electron chi connectivity index (χ1n) is 10.4. The number of aliphatic hydroxyl groups is 1. The predicted octanol–water partition coefficient (Wildman–Crippen LogP) is 4.99.